The summed E-state index contributed by atoms with van der Waals surface area (Å²) in [4.78, 5) is 21.0. The van der Waals surface area contributed by atoms with Crippen LogP contribution in [0.1, 0.15) is 21.7 Å². The first-order valence-corrected chi connectivity index (χ1v) is 9.06. The number of hydrogen-bond donors (Lipinski definition) is 1. The summed E-state index contributed by atoms with van der Waals surface area (Å²) in [6.07, 6.45) is 5.25. The first kappa shape index (κ1) is 18.4. The van der Waals surface area contributed by atoms with Crippen molar-refractivity contribution in [3.05, 3.63) is 78.1 Å². The number of ether oxygens (including phenoxy) is 1. The van der Waals surface area contributed by atoms with Crippen molar-refractivity contribution in [3.8, 4) is 17.4 Å². The molecule has 4 rings (SSSR count). The number of nitrogens with zero attached hydrogens (tertiary/aromatic N) is 5. The fraction of sp³-hybridized carbons (Fsp3) is 0.143. The van der Waals surface area contributed by atoms with Gasteiger partial charge in [0.25, 0.3) is 5.91 Å². The van der Waals surface area contributed by atoms with E-state index in [-0.39, 0.29) is 5.91 Å². The summed E-state index contributed by atoms with van der Waals surface area (Å²) in [5.41, 5.74) is 2.78. The van der Waals surface area contributed by atoms with Gasteiger partial charge in [-0.25, -0.2) is 9.97 Å². The smallest absolute Gasteiger partial charge is 0.259 e. The summed E-state index contributed by atoms with van der Waals surface area (Å²) in [6, 6.07) is 12.7. The third-order valence-electron chi connectivity index (χ3n) is 4.57. The first-order chi connectivity index (χ1) is 14.0. The van der Waals surface area contributed by atoms with E-state index in [1.54, 1.807) is 35.0 Å². The molecule has 29 heavy (non-hydrogen) atoms. The van der Waals surface area contributed by atoms with E-state index in [0.29, 0.717) is 34.4 Å². The third-order valence-corrected chi connectivity index (χ3v) is 4.57. The minimum atomic E-state index is -0.186. The van der Waals surface area contributed by atoms with Crippen LogP contribution in [0, 0.1) is 13.8 Å². The number of rotatable bonds is 5. The second-order valence-electron chi connectivity index (χ2n) is 6.55. The molecule has 3 heterocycles. The Bertz CT molecular complexity index is 1150. The normalized spacial score (nSPS) is 10.7. The summed E-state index contributed by atoms with van der Waals surface area (Å²) in [6.45, 7) is 3.69. The summed E-state index contributed by atoms with van der Waals surface area (Å²) < 4.78 is 9.38. The van der Waals surface area contributed by atoms with Crippen LogP contribution in [0.2, 0.25) is 0 Å². The molecule has 8 heteroatoms. The highest BCUT2D eigenvalue weighted by Gasteiger charge is 2.17. The van der Waals surface area contributed by atoms with Gasteiger partial charge in [-0.2, -0.15) is 5.10 Å². The summed E-state index contributed by atoms with van der Waals surface area (Å²) in [7, 11) is 1.82. The van der Waals surface area contributed by atoms with Gasteiger partial charge in [-0.15, -0.1) is 0 Å². The molecule has 0 saturated carbocycles. The molecule has 146 valence electrons. The molecule has 8 nitrogen and oxygen atoms in total. The van der Waals surface area contributed by atoms with Gasteiger partial charge >= 0.3 is 0 Å². The van der Waals surface area contributed by atoms with Crippen molar-refractivity contribution in [2.75, 3.05) is 5.32 Å². The molecule has 0 spiro atoms. The van der Waals surface area contributed by atoms with Gasteiger partial charge in [0.05, 0.1) is 11.3 Å². The fourth-order valence-electron chi connectivity index (χ4n) is 3.04. The van der Waals surface area contributed by atoms with Crippen molar-refractivity contribution >= 4 is 11.6 Å². The van der Waals surface area contributed by atoms with Crippen molar-refractivity contribution in [1.29, 1.82) is 0 Å². The third kappa shape index (κ3) is 3.86. The van der Waals surface area contributed by atoms with Crippen LogP contribution in [0.25, 0.3) is 5.82 Å². The standard InChI is InChI=1S/C21H20N6O2/c1-14-20(15(2)26(3)25-14)21(28)24-16-6-8-17(9-7-16)29-19-12-18(22-13-23-19)27-10-4-5-11-27/h4-13H,1-3H3,(H,24,28). The lowest BCUT2D eigenvalue weighted by molar-refractivity contribution is 0.102. The molecule has 1 amide bonds. The average molecular weight is 388 g/mol. The molecule has 0 fully saturated rings. The molecular weight excluding hydrogens is 368 g/mol. The van der Waals surface area contributed by atoms with E-state index in [0.717, 1.165) is 5.69 Å². The molecule has 0 aliphatic carbocycles. The Balaban J connectivity index is 1.46. The first-order valence-electron chi connectivity index (χ1n) is 9.06. The Labute approximate surface area is 167 Å². The summed E-state index contributed by atoms with van der Waals surface area (Å²) >= 11 is 0. The van der Waals surface area contributed by atoms with E-state index in [9.17, 15) is 4.79 Å². The summed E-state index contributed by atoms with van der Waals surface area (Å²) in [5, 5.41) is 7.18. The zero-order valence-electron chi connectivity index (χ0n) is 16.3. The van der Waals surface area contributed by atoms with E-state index in [2.05, 4.69) is 20.4 Å². The van der Waals surface area contributed by atoms with Gasteiger partial charge in [0.15, 0.2) is 0 Å². The molecule has 0 atom stereocenters. The molecule has 0 aliphatic heterocycles. The van der Waals surface area contributed by atoms with Crippen molar-refractivity contribution in [2.24, 2.45) is 7.05 Å². The number of aromatic nitrogens is 5. The van der Waals surface area contributed by atoms with Crippen LogP contribution in [0.15, 0.2) is 61.2 Å². The molecule has 0 saturated heterocycles. The lowest BCUT2D eigenvalue weighted by atomic mass is 10.2. The van der Waals surface area contributed by atoms with Crippen LogP contribution in [0.3, 0.4) is 0 Å². The summed E-state index contributed by atoms with van der Waals surface area (Å²) in [5.74, 6) is 1.57. The second kappa shape index (κ2) is 7.59. The predicted molar refractivity (Wildman–Crippen MR) is 109 cm³/mol. The number of carbonyl (C=O) groups excluding carboxylic acids is 1. The van der Waals surface area contributed by atoms with Crippen LogP contribution < -0.4 is 10.1 Å². The molecule has 1 N–H and O–H groups in total. The minimum Gasteiger partial charge on any atom is -0.439 e. The maximum absolute atomic E-state index is 12.6. The van der Waals surface area contributed by atoms with Crippen molar-refractivity contribution < 1.29 is 9.53 Å². The van der Waals surface area contributed by atoms with E-state index in [1.165, 1.54) is 6.33 Å². The highest BCUT2D eigenvalue weighted by Crippen LogP contribution is 2.23. The molecular formula is C21H20N6O2. The monoisotopic (exact) mass is 388 g/mol. The van der Waals surface area contributed by atoms with E-state index in [1.807, 2.05) is 50.0 Å². The van der Waals surface area contributed by atoms with Gasteiger partial charge in [-0.1, -0.05) is 0 Å². The second-order valence-corrected chi connectivity index (χ2v) is 6.55. The van der Waals surface area contributed by atoms with Crippen LogP contribution in [-0.4, -0.2) is 30.2 Å². The lowest BCUT2D eigenvalue weighted by Crippen LogP contribution is -2.14. The fourth-order valence-corrected chi connectivity index (χ4v) is 3.04. The largest absolute Gasteiger partial charge is 0.439 e. The molecule has 3 aromatic heterocycles. The molecule has 0 unspecified atom stereocenters. The molecule has 4 aromatic rings. The van der Waals surface area contributed by atoms with Crippen molar-refractivity contribution in [2.45, 2.75) is 13.8 Å². The Hall–Kier alpha value is -3.94. The lowest BCUT2D eigenvalue weighted by Gasteiger charge is -2.09. The average Bonchev–Trinajstić information content (AvgIpc) is 3.32. The van der Waals surface area contributed by atoms with Crippen LogP contribution in [0.5, 0.6) is 11.6 Å². The molecule has 0 bridgehead atoms. The SMILES string of the molecule is Cc1nn(C)c(C)c1C(=O)Nc1ccc(Oc2cc(-n3cccc3)ncn2)cc1. The number of benzene rings is 1. The molecule has 0 aliphatic rings. The highest BCUT2D eigenvalue weighted by molar-refractivity contribution is 6.05. The molecule has 0 radical (unpaired) electrons. The number of anilines is 1. The number of aryl methyl sites for hydroxylation is 2. The number of carbonyl (C=O) groups is 1. The molecule has 1 aromatic carbocycles. The van der Waals surface area contributed by atoms with Crippen LogP contribution in [-0.2, 0) is 7.05 Å². The van der Waals surface area contributed by atoms with Crippen molar-refractivity contribution in [1.82, 2.24) is 24.3 Å². The topological polar surface area (TPSA) is 86.9 Å². The van der Waals surface area contributed by atoms with Gasteiger partial charge < -0.3 is 14.6 Å². The quantitative estimate of drug-likeness (QED) is 0.564. The maximum Gasteiger partial charge on any atom is 0.259 e. The van der Waals surface area contributed by atoms with Gasteiger partial charge in [0, 0.05) is 36.9 Å². The number of hydrogen-bond acceptors (Lipinski definition) is 5. The zero-order valence-corrected chi connectivity index (χ0v) is 16.3. The predicted octanol–water partition coefficient (Wildman–Crippen LogP) is 3.66. The minimum absolute atomic E-state index is 0.186. The van der Waals surface area contributed by atoms with Gasteiger partial charge in [-0.3, -0.25) is 9.48 Å². The Morgan fingerprint density at radius 2 is 1.79 bits per heavy atom. The van der Waals surface area contributed by atoms with Gasteiger partial charge in [0.1, 0.15) is 17.9 Å². The Kier molecular flexibility index (Phi) is 4.82. The van der Waals surface area contributed by atoms with E-state index >= 15 is 0 Å². The van der Waals surface area contributed by atoms with Crippen LogP contribution in [0.4, 0.5) is 5.69 Å². The Morgan fingerprint density at radius 1 is 1.07 bits per heavy atom. The van der Waals surface area contributed by atoms with Crippen LogP contribution >= 0.6 is 0 Å². The van der Waals surface area contributed by atoms with Crippen molar-refractivity contribution in [3.63, 3.8) is 0 Å². The Morgan fingerprint density at radius 3 is 2.45 bits per heavy atom. The zero-order chi connectivity index (χ0) is 20.4. The number of nitrogens with one attached hydrogen (secondary N) is 1. The van der Waals surface area contributed by atoms with E-state index in [4.69, 9.17) is 4.74 Å². The van der Waals surface area contributed by atoms with E-state index < -0.39 is 0 Å². The van der Waals surface area contributed by atoms with Gasteiger partial charge in [0.2, 0.25) is 5.88 Å². The highest BCUT2D eigenvalue weighted by atomic mass is 16.5. The maximum atomic E-state index is 12.6. The van der Waals surface area contributed by atoms with Gasteiger partial charge in [-0.05, 0) is 50.2 Å². The number of amides is 1.